The molecule has 0 unspecified atom stereocenters. The van der Waals surface area contributed by atoms with Gasteiger partial charge in [0, 0.05) is 5.41 Å². The molecule has 1 rings (SSSR count). The maximum absolute atomic E-state index is 11.8. The maximum atomic E-state index is 11.8. The van der Waals surface area contributed by atoms with Crippen molar-refractivity contribution in [1.29, 1.82) is 0 Å². The highest BCUT2D eigenvalue weighted by Gasteiger charge is 2.26. The summed E-state index contributed by atoms with van der Waals surface area (Å²) < 4.78 is 0. The Labute approximate surface area is 80.5 Å². The molecule has 0 saturated heterocycles. The van der Waals surface area contributed by atoms with Crippen molar-refractivity contribution in [1.82, 2.24) is 0 Å². The third-order valence-electron chi connectivity index (χ3n) is 1.94. The van der Waals surface area contributed by atoms with Gasteiger partial charge in [-0.2, -0.15) is 0 Å². The predicted molar refractivity (Wildman–Crippen MR) is 55.0 cm³/mol. The second-order valence-corrected chi connectivity index (χ2v) is 4.31. The number of aliphatic imine (C=N–C) groups is 1. The number of nitrogens with zero attached hydrogens (tertiary/aromatic N) is 1. The molecule has 0 aromatic carbocycles. The van der Waals surface area contributed by atoms with Crippen LogP contribution in [0.4, 0.5) is 0 Å². The Morgan fingerprint density at radius 2 is 2.15 bits per heavy atom. The Balaban J connectivity index is 2.85. The van der Waals surface area contributed by atoms with Gasteiger partial charge in [-0.15, -0.1) is 0 Å². The average molecular weight is 175 g/mol. The molecule has 0 spiro atoms. The topological polar surface area (TPSA) is 29.4 Å². The first-order chi connectivity index (χ1) is 5.91. The van der Waals surface area contributed by atoms with Gasteiger partial charge in [-0.3, -0.25) is 9.79 Å². The Bertz CT molecular complexity index is 284. The fraction of sp³-hybridized carbons (Fsp3) is 0.600. The highest BCUT2D eigenvalue weighted by Crippen LogP contribution is 2.19. The minimum Gasteiger partial charge on any atom is -0.292 e. The zero-order chi connectivity index (χ0) is 10.1. The number of rotatable bonds is 1. The first-order valence-electron chi connectivity index (χ1n) is 4.49. The summed E-state index contributed by atoms with van der Waals surface area (Å²) >= 11 is 0. The Morgan fingerprint density at radius 1 is 1.54 bits per heavy atom. The largest absolute Gasteiger partial charge is 0.292 e. The molecule has 0 aromatic rings. The quantitative estimate of drug-likeness (QED) is 0.559. The van der Waals surface area contributed by atoms with Crippen LogP contribution < -0.4 is 0 Å². The molecule has 0 amide bonds. The van der Waals surface area contributed by atoms with E-state index in [9.17, 15) is 4.79 Å². The highest BCUT2D eigenvalue weighted by atomic mass is 16.1. The van der Waals surface area contributed by atoms with Crippen LogP contribution in [-0.4, -0.2) is 19.3 Å². The van der Waals surface area contributed by atoms with Crippen molar-refractivity contribution in [2.24, 2.45) is 10.4 Å². The van der Waals surface area contributed by atoms with Crippen LogP contribution in [0.15, 0.2) is 16.7 Å². The van der Waals surface area contributed by atoms with Gasteiger partial charge in [-0.1, -0.05) is 26.8 Å². The van der Waals surface area contributed by atoms with Crippen molar-refractivity contribution < 1.29 is 4.79 Å². The van der Waals surface area contributed by atoms with E-state index in [0.29, 0.717) is 11.3 Å². The molecular formula is C10H14BNO. The molecule has 2 radical (unpaired) electrons. The summed E-state index contributed by atoms with van der Waals surface area (Å²) in [6, 6.07) is 0. The van der Waals surface area contributed by atoms with Crippen LogP contribution in [0.3, 0.4) is 0 Å². The molecule has 68 valence electrons. The van der Waals surface area contributed by atoms with Crippen LogP contribution in [0.1, 0.15) is 33.6 Å². The third kappa shape index (κ3) is 2.54. The summed E-state index contributed by atoms with van der Waals surface area (Å²) in [4.78, 5) is 15.8. The number of hydrogen-bond acceptors (Lipinski definition) is 2. The van der Waals surface area contributed by atoms with Crippen molar-refractivity contribution in [3.8, 4) is 0 Å². The van der Waals surface area contributed by atoms with Crippen molar-refractivity contribution in [3.63, 3.8) is 0 Å². The summed E-state index contributed by atoms with van der Waals surface area (Å²) in [5.41, 5.74) is 0.738. The van der Waals surface area contributed by atoms with E-state index in [1.165, 1.54) is 0 Å². The molecule has 2 nitrogen and oxygen atoms in total. The lowest BCUT2D eigenvalue weighted by Gasteiger charge is -2.19. The molecule has 0 saturated carbocycles. The van der Waals surface area contributed by atoms with Crippen LogP contribution >= 0.6 is 0 Å². The zero-order valence-corrected chi connectivity index (χ0v) is 8.42. The van der Waals surface area contributed by atoms with Gasteiger partial charge in [-0.05, 0) is 18.4 Å². The van der Waals surface area contributed by atoms with Gasteiger partial charge < -0.3 is 0 Å². The standard InChI is InChI=1S/C10H14BNO/c1-10(2,3)9(13)7-5-4-6-8(11)12-7/h6H,4-5H2,1-3H3. The van der Waals surface area contributed by atoms with E-state index in [1.807, 2.05) is 26.8 Å². The van der Waals surface area contributed by atoms with Crippen LogP contribution in [0.5, 0.6) is 0 Å². The highest BCUT2D eigenvalue weighted by molar-refractivity contribution is 6.42. The molecule has 0 fully saturated rings. The molecule has 0 N–H and O–H groups in total. The van der Waals surface area contributed by atoms with E-state index in [-0.39, 0.29) is 11.2 Å². The van der Waals surface area contributed by atoms with Crippen molar-refractivity contribution in [2.75, 3.05) is 0 Å². The number of Topliss-reactive ketones (excluding diaryl/α,β-unsaturated/α-hetero) is 1. The lowest BCUT2D eigenvalue weighted by Crippen LogP contribution is -2.29. The lowest BCUT2D eigenvalue weighted by atomic mass is 9.85. The SMILES string of the molecule is [B]C1=CCCC(C(=O)C(C)(C)C)=N1. The summed E-state index contributed by atoms with van der Waals surface area (Å²) in [6.45, 7) is 5.69. The lowest BCUT2D eigenvalue weighted by molar-refractivity contribution is -0.119. The van der Waals surface area contributed by atoms with Crippen molar-refractivity contribution in [2.45, 2.75) is 33.6 Å². The van der Waals surface area contributed by atoms with Crippen LogP contribution in [-0.2, 0) is 4.79 Å². The number of allylic oxidation sites excluding steroid dienone is 1. The molecule has 0 bridgehead atoms. The summed E-state index contributed by atoms with van der Waals surface area (Å²) in [5.74, 6) is 0.101. The Kier molecular flexibility index (Phi) is 2.74. The van der Waals surface area contributed by atoms with Crippen molar-refractivity contribution in [3.05, 3.63) is 11.7 Å². The first-order valence-corrected chi connectivity index (χ1v) is 4.49. The third-order valence-corrected chi connectivity index (χ3v) is 1.94. The second kappa shape index (κ2) is 3.48. The molecule has 0 atom stereocenters. The minimum atomic E-state index is -0.351. The van der Waals surface area contributed by atoms with Crippen LogP contribution in [0.25, 0.3) is 0 Å². The second-order valence-electron chi connectivity index (χ2n) is 4.31. The molecule has 1 heterocycles. The van der Waals surface area contributed by atoms with Gasteiger partial charge in [0.05, 0.1) is 5.71 Å². The van der Waals surface area contributed by atoms with Gasteiger partial charge in [0.2, 0.25) is 0 Å². The van der Waals surface area contributed by atoms with E-state index in [4.69, 9.17) is 7.85 Å². The molecule has 1 aliphatic heterocycles. The van der Waals surface area contributed by atoms with Gasteiger partial charge in [0.25, 0.3) is 0 Å². The van der Waals surface area contributed by atoms with E-state index in [0.717, 1.165) is 12.8 Å². The zero-order valence-electron chi connectivity index (χ0n) is 8.42. The number of carbonyl (C=O) groups excluding carboxylic acids is 1. The molecule has 3 heteroatoms. The van der Waals surface area contributed by atoms with E-state index in [1.54, 1.807) is 0 Å². The van der Waals surface area contributed by atoms with Crippen LogP contribution in [0.2, 0.25) is 0 Å². The van der Waals surface area contributed by atoms with Gasteiger partial charge >= 0.3 is 0 Å². The smallest absolute Gasteiger partial charge is 0.182 e. The first kappa shape index (κ1) is 10.2. The predicted octanol–water partition coefficient (Wildman–Crippen LogP) is 1.85. The average Bonchev–Trinajstić information content (AvgIpc) is 2.01. The Hall–Kier alpha value is -0.855. The summed E-state index contributed by atoms with van der Waals surface area (Å²) in [5, 5.41) is 0. The normalized spacial score (nSPS) is 17.8. The number of carbonyl (C=O) groups is 1. The van der Waals surface area contributed by atoms with Gasteiger partial charge in [-0.25, -0.2) is 0 Å². The Morgan fingerprint density at radius 3 is 2.62 bits per heavy atom. The molecular weight excluding hydrogens is 161 g/mol. The fourth-order valence-corrected chi connectivity index (χ4v) is 1.21. The van der Waals surface area contributed by atoms with E-state index >= 15 is 0 Å². The monoisotopic (exact) mass is 175 g/mol. The van der Waals surface area contributed by atoms with Gasteiger partial charge in [0.1, 0.15) is 7.85 Å². The summed E-state index contributed by atoms with van der Waals surface area (Å²) in [6.07, 6.45) is 3.39. The van der Waals surface area contributed by atoms with Crippen molar-refractivity contribution >= 4 is 19.3 Å². The minimum absolute atomic E-state index is 0.101. The molecule has 0 aliphatic carbocycles. The number of ketones is 1. The fourth-order valence-electron chi connectivity index (χ4n) is 1.21. The molecule has 1 aliphatic rings. The van der Waals surface area contributed by atoms with E-state index in [2.05, 4.69) is 4.99 Å². The number of hydrogen-bond donors (Lipinski definition) is 0. The maximum Gasteiger partial charge on any atom is 0.182 e. The van der Waals surface area contributed by atoms with E-state index < -0.39 is 0 Å². The molecule has 0 aromatic heterocycles. The van der Waals surface area contributed by atoms with Gasteiger partial charge in [0.15, 0.2) is 5.78 Å². The van der Waals surface area contributed by atoms with Crippen LogP contribution in [0, 0.1) is 5.41 Å². The molecule has 13 heavy (non-hydrogen) atoms. The summed E-state index contributed by atoms with van der Waals surface area (Å²) in [7, 11) is 5.53.